The average Bonchev–Trinajstić information content (AvgIpc) is 3.38. The standard InChI is InChI=1S/C19H17N5O8S2/c1-3-8-5-33-16-12(22-14(25)11(23-29)9-6-34-18(20)21-9)15(26)24(16)13(8)17(27)30-4-10-7(2)31-19(28)32-10/h3,6,12,16,29H,1,4-5H2,2H3,(H2,20,21)(H,22,25)/b23-11-/t12?,16-/m1/s1. The zero-order chi connectivity index (χ0) is 24.6. The Morgan fingerprint density at radius 3 is 2.82 bits per heavy atom. The number of β-lactam (4-membered cyclic amide) rings is 1. The van der Waals surface area contributed by atoms with E-state index in [2.05, 4.69) is 22.0 Å². The highest BCUT2D eigenvalue weighted by molar-refractivity contribution is 8.00. The maximum Gasteiger partial charge on any atom is 0.519 e. The summed E-state index contributed by atoms with van der Waals surface area (Å²) < 4.78 is 14.8. The zero-order valence-electron chi connectivity index (χ0n) is 17.5. The maximum absolute atomic E-state index is 12.9. The van der Waals surface area contributed by atoms with Gasteiger partial charge in [0.2, 0.25) is 0 Å². The van der Waals surface area contributed by atoms with Crippen molar-refractivity contribution in [2.75, 3.05) is 11.5 Å². The lowest BCUT2D eigenvalue weighted by Crippen LogP contribution is -2.71. The van der Waals surface area contributed by atoms with Gasteiger partial charge in [0.1, 0.15) is 22.8 Å². The van der Waals surface area contributed by atoms with E-state index in [4.69, 9.17) is 19.3 Å². The molecule has 0 aliphatic carbocycles. The smallest absolute Gasteiger partial charge is 0.453 e. The number of nitrogens with two attached hydrogens (primary N) is 1. The molecule has 2 atom stereocenters. The molecule has 2 aliphatic rings. The fraction of sp³-hybridized carbons (Fsp3) is 0.263. The lowest BCUT2D eigenvalue weighted by atomic mass is 10.0. The van der Waals surface area contributed by atoms with Crippen molar-refractivity contribution in [2.45, 2.75) is 24.9 Å². The summed E-state index contributed by atoms with van der Waals surface area (Å²) in [5, 5.41) is 15.7. The molecular weight excluding hydrogens is 490 g/mol. The van der Waals surface area contributed by atoms with Crippen LogP contribution in [-0.4, -0.2) is 55.8 Å². The number of thiazole rings is 1. The summed E-state index contributed by atoms with van der Waals surface area (Å²) in [6, 6.07) is -0.992. The minimum atomic E-state index is -0.992. The Bertz CT molecular complexity index is 1310. The Kier molecular flexibility index (Phi) is 6.30. The predicted molar refractivity (Wildman–Crippen MR) is 119 cm³/mol. The van der Waals surface area contributed by atoms with Crippen LogP contribution in [0.3, 0.4) is 0 Å². The van der Waals surface area contributed by atoms with Gasteiger partial charge in [-0.25, -0.2) is 14.6 Å². The number of nitrogen functional groups attached to an aromatic ring is 1. The molecule has 4 rings (SSSR count). The van der Waals surface area contributed by atoms with Gasteiger partial charge in [-0.3, -0.25) is 14.5 Å². The molecular formula is C19H17N5O8S2. The van der Waals surface area contributed by atoms with Crippen LogP contribution >= 0.6 is 23.1 Å². The summed E-state index contributed by atoms with van der Waals surface area (Å²) >= 11 is 2.36. The second-order valence-electron chi connectivity index (χ2n) is 6.97. The SMILES string of the molecule is C=CC1=C(C(=O)OCc2oc(=O)oc2C)N2C(=O)C(NC(=O)/C(=N\O)c3csc(N)n3)[C@H]2SC1. The highest BCUT2D eigenvalue weighted by Crippen LogP contribution is 2.41. The van der Waals surface area contributed by atoms with Gasteiger partial charge < -0.3 is 29.8 Å². The fourth-order valence-corrected chi connectivity index (χ4v) is 5.20. The largest absolute Gasteiger partial charge is 0.519 e. The monoisotopic (exact) mass is 507 g/mol. The Labute approximate surface area is 198 Å². The van der Waals surface area contributed by atoms with E-state index in [9.17, 15) is 24.4 Å². The molecule has 1 unspecified atom stereocenters. The van der Waals surface area contributed by atoms with Gasteiger partial charge in [0.05, 0.1) is 0 Å². The molecule has 15 heteroatoms. The van der Waals surface area contributed by atoms with Crippen LogP contribution in [0.5, 0.6) is 0 Å². The van der Waals surface area contributed by atoms with Crippen molar-refractivity contribution in [2.24, 2.45) is 5.16 Å². The van der Waals surface area contributed by atoms with Crippen molar-refractivity contribution in [3.8, 4) is 0 Å². The summed E-state index contributed by atoms with van der Waals surface area (Å²) in [6.07, 6.45) is 1.44. The molecule has 178 valence electrons. The van der Waals surface area contributed by atoms with E-state index >= 15 is 0 Å². The van der Waals surface area contributed by atoms with E-state index in [1.165, 1.54) is 35.0 Å². The van der Waals surface area contributed by atoms with E-state index < -0.39 is 40.7 Å². The number of nitrogens with zero attached hydrogens (tertiary/aromatic N) is 3. The molecule has 2 aliphatic heterocycles. The van der Waals surface area contributed by atoms with Crippen molar-refractivity contribution in [1.82, 2.24) is 15.2 Å². The Balaban J connectivity index is 1.48. The molecule has 0 aromatic carbocycles. The van der Waals surface area contributed by atoms with Crippen molar-refractivity contribution in [3.05, 3.63) is 57.1 Å². The van der Waals surface area contributed by atoms with Gasteiger partial charge >= 0.3 is 11.8 Å². The molecule has 0 spiro atoms. The van der Waals surface area contributed by atoms with Crippen molar-refractivity contribution in [3.63, 3.8) is 0 Å². The molecule has 2 aromatic rings. The minimum absolute atomic E-state index is 0.0268. The van der Waals surface area contributed by atoms with Crippen LogP contribution in [0.25, 0.3) is 0 Å². The number of rotatable bonds is 7. The summed E-state index contributed by atoms with van der Waals surface area (Å²) in [4.78, 5) is 54.6. The number of hydrogen-bond donors (Lipinski definition) is 3. The van der Waals surface area contributed by atoms with Crippen LogP contribution in [-0.2, 0) is 25.7 Å². The lowest BCUT2D eigenvalue weighted by Gasteiger charge is -2.49. The highest BCUT2D eigenvalue weighted by Gasteiger charge is 2.54. The molecule has 0 bridgehead atoms. The van der Waals surface area contributed by atoms with E-state index in [0.29, 0.717) is 11.3 Å². The van der Waals surface area contributed by atoms with Crippen LogP contribution < -0.4 is 16.9 Å². The molecule has 4 heterocycles. The number of amides is 2. The molecule has 1 saturated heterocycles. The second kappa shape index (κ2) is 9.18. The molecule has 2 aromatic heterocycles. The highest BCUT2D eigenvalue weighted by atomic mass is 32.2. The van der Waals surface area contributed by atoms with E-state index in [1.807, 2.05) is 0 Å². The van der Waals surface area contributed by atoms with Crippen molar-refractivity contribution < 1.29 is 33.2 Å². The predicted octanol–water partition coefficient (Wildman–Crippen LogP) is 0.342. The lowest BCUT2D eigenvalue weighted by molar-refractivity contribution is -0.153. The number of fused-ring (bicyclic) bond motifs is 1. The number of aromatic nitrogens is 1. The number of hydrogen-bond acceptors (Lipinski definition) is 13. The summed E-state index contributed by atoms with van der Waals surface area (Å²) in [7, 11) is 0. The van der Waals surface area contributed by atoms with Gasteiger partial charge in [0, 0.05) is 11.1 Å². The van der Waals surface area contributed by atoms with E-state index in [1.54, 1.807) is 0 Å². The van der Waals surface area contributed by atoms with Crippen LogP contribution in [0.1, 0.15) is 17.2 Å². The average molecular weight is 508 g/mol. The number of carbonyl (C=O) groups excluding carboxylic acids is 3. The van der Waals surface area contributed by atoms with Gasteiger partial charge in [-0.1, -0.05) is 17.8 Å². The maximum atomic E-state index is 12.9. The van der Waals surface area contributed by atoms with Crippen LogP contribution in [0.2, 0.25) is 0 Å². The normalized spacial score (nSPS) is 20.0. The molecule has 4 N–H and O–H groups in total. The topological polar surface area (TPSA) is 191 Å². The number of carbonyl (C=O) groups is 3. The number of nitrogens with one attached hydrogen (secondary N) is 1. The van der Waals surface area contributed by atoms with E-state index in [0.717, 1.165) is 11.3 Å². The number of thioether (sulfide) groups is 1. The number of oxime groups is 1. The fourth-order valence-electron chi connectivity index (χ4n) is 3.31. The third kappa shape index (κ3) is 4.10. The first-order valence-electron chi connectivity index (χ1n) is 9.56. The van der Waals surface area contributed by atoms with Crippen LogP contribution in [0.4, 0.5) is 5.13 Å². The summed E-state index contributed by atoms with van der Waals surface area (Å²) in [6.45, 7) is 4.78. The third-order valence-electron chi connectivity index (χ3n) is 4.97. The first-order valence-corrected chi connectivity index (χ1v) is 11.5. The summed E-state index contributed by atoms with van der Waals surface area (Å²) in [5.74, 6) is -2.64. The number of allylic oxidation sites excluding steroid dienone is 1. The van der Waals surface area contributed by atoms with Gasteiger partial charge in [0.15, 0.2) is 29.0 Å². The number of anilines is 1. The van der Waals surface area contributed by atoms with Gasteiger partial charge in [-0.15, -0.1) is 23.1 Å². The molecule has 13 nitrogen and oxygen atoms in total. The first kappa shape index (κ1) is 23.3. The first-order chi connectivity index (χ1) is 16.2. The quantitative estimate of drug-likeness (QED) is 0.154. The Morgan fingerprint density at radius 1 is 1.47 bits per heavy atom. The van der Waals surface area contributed by atoms with Gasteiger partial charge in [0.25, 0.3) is 11.8 Å². The number of ether oxygens (including phenoxy) is 1. The molecule has 34 heavy (non-hydrogen) atoms. The van der Waals surface area contributed by atoms with Crippen molar-refractivity contribution in [1.29, 1.82) is 0 Å². The number of esters is 1. The summed E-state index contributed by atoms with van der Waals surface area (Å²) in [5.41, 5.74) is 5.64. The third-order valence-corrected chi connectivity index (χ3v) is 6.95. The Hall–Kier alpha value is -3.85. The molecule has 0 saturated carbocycles. The second-order valence-corrected chi connectivity index (χ2v) is 8.96. The molecule has 2 amide bonds. The van der Waals surface area contributed by atoms with Crippen LogP contribution in [0.15, 0.2) is 48.1 Å². The Morgan fingerprint density at radius 2 is 2.24 bits per heavy atom. The zero-order valence-corrected chi connectivity index (χ0v) is 19.1. The van der Waals surface area contributed by atoms with Crippen LogP contribution in [0, 0.1) is 6.92 Å². The van der Waals surface area contributed by atoms with Gasteiger partial charge in [-0.05, 0) is 12.5 Å². The number of aryl methyl sites for hydroxylation is 1. The van der Waals surface area contributed by atoms with E-state index in [-0.39, 0.29) is 34.6 Å². The van der Waals surface area contributed by atoms with Crippen molar-refractivity contribution >= 4 is 51.7 Å². The minimum Gasteiger partial charge on any atom is -0.453 e. The molecule has 1 fully saturated rings. The van der Waals surface area contributed by atoms with Gasteiger partial charge in [-0.2, -0.15) is 0 Å². The molecule has 0 radical (unpaired) electrons.